The number of methoxy groups -OCH3 is 1. The van der Waals surface area contributed by atoms with Crippen molar-refractivity contribution >= 4 is 46.2 Å². The van der Waals surface area contributed by atoms with Crippen LogP contribution in [0.3, 0.4) is 0 Å². The van der Waals surface area contributed by atoms with Gasteiger partial charge in [0.25, 0.3) is 5.69 Å². The molecule has 8 nitrogen and oxygen atoms in total. The van der Waals surface area contributed by atoms with E-state index < -0.39 is 10.9 Å². The van der Waals surface area contributed by atoms with Crippen LogP contribution in [0.5, 0.6) is 11.5 Å². The lowest BCUT2D eigenvalue weighted by atomic mass is 10.1. The summed E-state index contributed by atoms with van der Waals surface area (Å²) >= 11 is 2.11. The first-order valence-electron chi connectivity index (χ1n) is 9.76. The van der Waals surface area contributed by atoms with Gasteiger partial charge >= 0.3 is 5.97 Å². The van der Waals surface area contributed by atoms with Gasteiger partial charge in [-0.25, -0.2) is 9.79 Å². The Morgan fingerprint density at radius 2 is 1.91 bits per heavy atom. The van der Waals surface area contributed by atoms with Crippen molar-refractivity contribution in [2.24, 2.45) is 4.99 Å². The Balaban J connectivity index is 1.57. The third-order valence-corrected chi connectivity index (χ3v) is 5.50. The molecule has 166 valence electrons. The van der Waals surface area contributed by atoms with Crippen LogP contribution in [-0.4, -0.2) is 23.9 Å². The molecule has 0 saturated carbocycles. The number of non-ortho nitro benzene ring substituents is 1. The Labute approximate surface area is 202 Å². The van der Waals surface area contributed by atoms with Gasteiger partial charge in [-0.3, -0.25) is 10.1 Å². The maximum Gasteiger partial charge on any atom is 0.363 e. The highest BCUT2D eigenvalue weighted by molar-refractivity contribution is 14.1. The molecule has 0 amide bonds. The Hall–Kier alpha value is -3.73. The molecule has 33 heavy (non-hydrogen) atoms. The minimum Gasteiger partial charge on any atom is -0.493 e. The lowest BCUT2D eigenvalue weighted by molar-refractivity contribution is -0.384. The Morgan fingerprint density at radius 3 is 2.64 bits per heavy atom. The van der Waals surface area contributed by atoms with Crippen molar-refractivity contribution < 1.29 is 23.9 Å². The molecule has 1 aliphatic rings. The first-order valence-corrected chi connectivity index (χ1v) is 10.8. The van der Waals surface area contributed by atoms with Gasteiger partial charge in [0.05, 0.1) is 15.6 Å². The van der Waals surface area contributed by atoms with Gasteiger partial charge in [-0.05, 0) is 64.1 Å². The van der Waals surface area contributed by atoms with Gasteiger partial charge in [-0.15, -0.1) is 0 Å². The van der Waals surface area contributed by atoms with Crippen LogP contribution in [0.2, 0.25) is 0 Å². The fraction of sp³-hybridized carbons (Fsp3) is 0.0833. The first-order chi connectivity index (χ1) is 15.9. The lowest BCUT2D eigenvalue weighted by Gasteiger charge is -2.13. The van der Waals surface area contributed by atoms with Crippen LogP contribution in [0.25, 0.3) is 6.08 Å². The number of nitro benzene ring substituents is 1. The summed E-state index contributed by atoms with van der Waals surface area (Å²) in [6.07, 6.45) is 1.62. The van der Waals surface area contributed by atoms with Crippen molar-refractivity contribution in [1.29, 1.82) is 0 Å². The zero-order chi connectivity index (χ0) is 23.4. The fourth-order valence-corrected chi connectivity index (χ4v) is 3.93. The summed E-state index contributed by atoms with van der Waals surface area (Å²) in [6.45, 7) is 0.130. The number of hydrogen-bond donors (Lipinski definition) is 0. The van der Waals surface area contributed by atoms with E-state index in [1.165, 1.54) is 19.2 Å². The van der Waals surface area contributed by atoms with E-state index in [1.807, 2.05) is 36.4 Å². The van der Waals surface area contributed by atoms with Crippen LogP contribution in [-0.2, 0) is 16.1 Å². The average Bonchev–Trinajstić information content (AvgIpc) is 3.18. The van der Waals surface area contributed by atoms with Crippen LogP contribution >= 0.6 is 22.6 Å². The number of esters is 1. The van der Waals surface area contributed by atoms with Gasteiger partial charge in [-0.1, -0.05) is 30.3 Å². The third kappa shape index (κ3) is 5.20. The van der Waals surface area contributed by atoms with E-state index in [0.29, 0.717) is 28.2 Å². The van der Waals surface area contributed by atoms with E-state index in [-0.39, 0.29) is 23.9 Å². The summed E-state index contributed by atoms with van der Waals surface area (Å²) in [5.41, 5.74) is 2.23. The molecule has 1 heterocycles. The lowest BCUT2D eigenvalue weighted by Crippen LogP contribution is -2.05. The predicted molar refractivity (Wildman–Crippen MR) is 130 cm³/mol. The first kappa shape index (κ1) is 22.5. The number of hydrogen-bond acceptors (Lipinski definition) is 7. The SMILES string of the molecule is COc1cc(/C=C2\N=C(c3ccccc3)OC2=O)cc(I)c1OCc1cccc([N+](=O)[O-])c1. The van der Waals surface area contributed by atoms with Gasteiger partial charge in [0, 0.05) is 17.7 Å². The number of benzene rings is 3. The average molecular weight is 556 g/mol. The molecule has 0 bridgehead atoms. The number of nitro groups is 1. The third-order valence-electron chi connectivity index (χ3n) is 4.70. The topological polar surface area (TPSA) is 100 Å². The fourth-order valence-electron chi connectivity index (χ4n) is 3.15. The molecule has 0 atom stereocenters. The van der Waals surface area contributed by atoms with E-state index >= 15 is 0 Å². The van der Waals surface area contributed by atoms with Crippen molar-refractivity contribution in [2.75, 3.05) is 7.11 Å². The van der Waals surface area contributed by atoms with Crippen LogP contribution < -0.4 is 9.47 Å². The van der Waals surface area contributed by atoms with Crippen LogP contribution in [0.1, 0.15) is 16.7 Å². The minimum absolute atomic E-state index is 0.00129. The second kappa shape index (κ2) is 9.82. The summed E-state index contributed by atoms with van der Waals surface area (Å²) in [5, 5.41) is 11.0. The van der Waals surface area contributed by atoms with Crippen molar-refractivity contribution in [3.63, 3.8) is 0 Å². The maximum atomic E-state index is 12.3. The standard InChI is InChI=1S/C24H17IN2O6/c1-31-21-13-16(12-20-24(28)33-23(26-20)17-7-3-2-4-8-17)11-19(25)22(21)32-14-15-6-5-9-18(10-15)27(29)30/h2-13H,14H2,1H3/b20-12-. The molecule has 3 aromatic rings. The molecule has 0 radical (unpaired) electrons. The van der Waals surface area contributed by atoms with Gasteiger partial charge in [0.2, 0.25) is 5.90 Å². The number of carbonyl (C=O) groups excluding carboxylic acids is 1. The second-order valence-corrected chi connectivity index (χ2v) is 8.11. The van der Waals surface area contributed by atoms with Gasteiger partial charge in [0.15, 0.2) is 17.2 Å². The largest absolute Gasteiger partial charge is 0.493 e. The molecule has 0 N–H and O–H groups in total. The Kier molecular flexibility index (Phi) is 6.68. The summed E-state index contributed by atoms with van der Waals surface area (Å²) in [6, 6.07) is 19.0. The molecule has 0 aliphatic carbocycles. The molecule has 0 fully saturated rings. The quantitative estimate of drug-likeness (QED) is 0.132. The van der Waals surface area contributed by atoms with E-state index in [4.69, 9.17) is 14.2 Å². The van der Waals surface area contributed by atoms with Crippen LogP contribution in [0.4, 0.5) is 5.69 Å². The van der Waals surface area contributed by atoms with Gasteiger partial charge in [0.1, 0.15) is 6.61 Å². The number of halogens is 1. The molecule has 0 saturated heterocycles. The molecule has 0 spiro atoms. The highest BCUT2D eigenvalue weighted by Gasteiger charge is 2.24. The van der Waals surface area contributed by atoms with E-state index in [9.17, 15) is 14.9 Å². The maximum absolute atomic E-state index is 12.3. The number of carbonyl (C=O) groups is 1. The summed E-state index contributed by atoms with van der Waals surface area (Å²) in [7, 11) is 1.51. The Morgan fingerprint density at radius 1 is 1.12 bits per heavy atom. The minimum atomic E-state index is -0.533. The monoisotopic (exact) mass is 556 g/mol. The summed E-state index contributed by atoms with van der Waals surface area (Å²) in [4.78, 5) is 27.1. The number of cyclic esters (lactones) is 1. The zero-order valence-corrected chi connectivity index (χ0v) is 19.5. The highest BCUT2D eigenvalue weighted by atomic mass is 127. The normalized spacial score (nSPS) is 14.1. The number of ether oxygens (including phenoxy) is 3. The van der Waals surface area contributed by atoms with Gasteiger partial charge < -0.3 is 14.2 Å². The van der Waals surface area contributed by atoms with E-state index in [2.05, 4.69) is 27.6 Å². The smallest absolute Gasteiger partial charge is 0.363 e. The van der Waals surface area contributed by atoms with Crippen LogP contribution in [0, 0.1) is 13.7 Å². The molecular weight excluding hydrogens is 539 g/mol. The summed E-state index contributed by atoms with van der Waals surface area (Å²) in [5.74, 6) is 0.672. The van der Waals surface area contributed by atoms with Crippen LogP contribution in [0.15, 0.2) is 77.4 Å². The molecule has 0 unspecified atom stereocenters. The molecule has 3 aromatic carbocycles. The van der Waals surface area contributed by atoms with Crippen molar-refractivity contribution in [1.82, 2.24) is 0 Å². The Bertz CT molecular complexity index is 1290. The molecule has 1 aliphatic heterocycles. The molecular formula is C24H17IN2O6. The molecule has 0 aromatic heterocycles. The number of rotatable bonds is 7. The molecule has 9 heteroatoms. The molecule has 4 rings (SSSR count). The van der Waals surface area contributed by atoms with E-state index in [1.54, 1.807) is 24.3 Å². The van der Waals surface area contributed by atoms with E-state index in [0.717, 1.165) is 3.57 Å². The second-order valence-electron chi connectivity index (χ2n) is 6.95. The number of aliphatic imine (C=N–C) groups is 1. The van der Waals surface area contributed by atoms with Gasteiger partial charge in [-0.2, -0.15) is 0 Å². The predicted octanol–water partition coefficient (Wildman–Crippen LogP) is 5.13. The van der Waals surface area contributed by atoms with Crippen molar-refractivity contribution in [2.45, 2.75) is 6.61 Å². The number of nitrogens with zero attached hydrogens (tertiary/aromatic N) is 2. The van der Waals surface area contributed by atoms with Crippen molar-refractivity contribution in [3.8, 4) is 11.5 Å². The van der Waals surface area contributed by atoms with Crippen molar-refractivity contribution in [3.05, 3.63) is 103 Å². The highest BCUT2D eigenvalue weighted by Crippen LogP contribution is 2.35. The zero-order valence-electron chi connectivity index (χ0n) is 17.4. The summed E-state index contributed by atoms with van der Waals surface area (Å²) < 4.78 is 17.4.